The molecule has 0 spiro atoms. The fourth-order valence-electron chi connectivity index (χ4n) is 2.00. The van der Waals surface area contributed by atoms with E-state index in [1.807, 2.05) is 13.1 Å². The fraction of sp³-hybridized carbons (Fsp3) is 0.692. The number of nitrogens with one attached hydrogen (secondary N) is 1. The smallest absolute Gasteiger partial charge is 0.136 e. The lowest BCUT2D eigenvalue weighted by Crippen LogP contribution is -2.34. The van der Waals surface area contributed by atoms with Crippen LogP contribution in [0.25, 0.3) is 0 Å². The molecule has 0 bridgehead atoms. The Kier molecular flexibility index (Phi) is 4.01. The van der Waals surface area contributed by atoms with E-state index in [0.717, 1.165) is 17.5 Å². The third-order valence-electron chi connectivity index (χ3n) is 3.19. The molecule has 1 fully saturated rings. The molecule has 1 aromatic rings. The second kappa shape index (κ2) is 5.52. The molecule has 0 amide bonds. The summed E-state index contributed by atoms with van der Waals surface area (Å²) < 4.78 is 0. The Morgan fingerprint density at radius 3 is 2.67 bits per heavy atom. The molecule has 1 aromatic heterocycles. The summed E-state index contributed by atoms with van der Waals surface area (Å²) in [5.41, 5.74) is 0. The second-order valence-corrected chi connectivity index (χ2v) is 5.00. The molecular formula is C13H22N4O. The van der Waals surface area contributed by atoms with Crippen LogP contribution >= 0.6 is 0 Å². The summed E-state index contributed by atoms with van der Waals surface area (Å²) in [5.74, 6) is 3.21. The van der Waals surface area contributed by atoms with Gasteiger partial charge in [-0.1, -0.05) is 0 Å². The zero-order valence-electron chi connectivity index (χ0n) is 11.3. The van der Waals surface area contributed by atoms with Crippen LogP contribution in [0.5, 0.6) is 0 Å². The lowest BCUT2D eigenvalue weighted by atomic mass is 10.3. The average molecular weight is 250 g/mol. The standard InChI is InChI=1S/C13H22N4O/c1-9(2)17(6-7-18)12-8-11(14-3)15-13(16-12)10-4-5-10/h8-10,18H,4-7H2,1-3H3,(H,14,15,16). The molecule has 0 saturated heterocycles. The third-order valence-corrected chi connectivity index (χ3v) is 3.19. The van der Waals surface area contributed by atoms with Gasteiger partial charge >= 0.3 is 0 Å². The molecule has 2 N–H and O–H groups in total. The summed E-state index contributed by atoms with van der Waals surface area (Å²) in [6, 6.07) is 2.26. The Morgan fingerprint density at radius 2 is 2.17 bits per heavy atom. The van der Waals surface area contributed by atoms with Crippen LogP contribution < -0.4 is 10.2 Å². The first-order valence-corrected chi connectivity index (χ1v) is 6.60. The molecule has 5 heteroatoms. The highest BCUT2D eigenvalue weighted by atomic mass is 16.3. The van der Waals surface area contributed by atoms with E-state index >= 15 is 0 Å². The van der Waals surface area contributed by atoms with Gasteiger partial charge in [-0.3, -0.25) is 0 Å². The number of rotatable bonds is 6. The van der Waals surface area contributed by atoms with E-state index in [0.29, 0.717) is 18.5 Å². The number of anilines is 2. The van der Waals surface area contributed by atoms with Crippen LogP contribution in [-0.4, -0.2) is 41.3 Å². The van der Waals surface area contributed by atoms with Crippen molar-refractivity contribution in [1.82, 2.24) is 9.97 Å². The molecule has 1 heterocycles. The van der Waals surface area contributed by atoms with Gasteiger partial charge < -0.3 is 15.3 Å². The maximum absolute atomic E-state index is 9.16. The van der Waals surface area contributed by atoms with Gasteiger partial charge in [-0.05, 0) is 26.7 Å². The van der Waals surface area contributed by atoms with Crippen molar-refractivity contribution in [3.63, 3.8) is 0 Å². The van der Waals surface area contributed by atoms with Crippen LogP contribution in [0.15, 0.2) is 6.07 Å². The van der Waals surface area contributed by atoms with Crippen molar-refractivity contribution in [2.45, 2.75) is 38.6 Å². The summed E-state index contributed by atoms with van der Waals surface area (Å²) in [7, 11) is 1.87. The van der Waals surface area contributed by atoms with Gasteiger partial charge in [-0.2, -0.15) is 0 Å². The van der Waals surface area contributed by atoms with Crippen molar-refractivity contribution in [1.29, 1.82) is 0 Å². The van der Waals surface area contributed by atoms with Crippen molar-refractivity contribution >= 4 is 11.6 Å². The highest BCUT2D eigenvalue weighted by Gasteiger charge is 2.28. The Hall–Kier alpha value is -1.36. The fourth-order valence-corrected chi connectivity index (χ4v) is 2.00. The summed E-state index contributed by atoms with van der Waals surface area (Å²) in [5, 5.41) is 12.2. The molecule has 0 aromatic carbocycles. The second-order valence-electron chi connectivity index (χ2n) is 5.00. The molecule has 0 aliphatic heterocycles. The van der Waals surface area contributed by atoms with Crippen LogP contribution in [0.1, 0.15) is 38.4 Å². The zero-order chi connectivity index (χ0) is 13.1. The van der Waals surface area contributed by atoms with E-state index in [4.69, 9.17) is 5.11 Å². The van der Waals surface area contributed by atoms with E-state index in [-0.39, 0.29) is 6.61 Å². The van der Waals surface area contributed by atoms with Crippen LogP contribution in [-0.2, 0) is 0 Å². The van der Waals surface area contributed by atoms with Crippen LogP contribution in [0.4, 0.5) is 11.6 Å². The van der Waals surface area contributed by atoms with Crippen molar-refractivity contribution in [2.75, 3.05) is 30.4 Å². The van der Waals surface area contributed by atoms with Gasteiger partial charge in [0.15, 0.2) is 0 Å². The highest BCUT2D eigenvalue weighted by Crippen LogP contribution is 2.39. The van der Waals surface area contributed by atoms with Crippen molar-refractivity contribution in [2.24, 2.45) is 0 Å². The minimum absolute atomic E-state index is 0.135. The van der Waals surface area contributed by atoms with E-state index < -0.39 is 0 Å². The van der Waals surface area contributed by atoms with E-state index in [1.54, 1.807) is 0 Å². The molecule has 0 radical (unpaired) electrons. The molecule has 1 aliphatic carbocycles. The number of hydrogen-bond acceptors (Lipinski definition) is 5. The number of nitrogens with zero attached hydrogens (tertiary/aromatic N) is 3. The van der Waals surface area contributed by atoms with Gasteiger partial charge in [0.05, 0.1) is 6.61 Å². The quantitative estimate of drug-likeness (QED) is 0.803. The number of hydrogen-bond donors (Lipinski definition) is 2. The van der Waals surface area contributed by atoms with Crippen molar-refractivity contribution < 1.29 is 5.11 Å². The van der Waals surface area contributed by atoms with Gasteiger partial charge in [0.25, 0.3) is 0 Å². The lowest BCUT2D eigenvalue weighted by molar-refractivity contribution is 0.298. The summed E-state index contributed by atoms with van der Waals surface area (Å²) >= 11 is 0. The maximum Gasteiger partial charge on any atom is 0.136 e. The number of aliphatic hydroxyl groups is 1. The third kappa shape index (κ3) is 2.90. The molecule has 1 saturated carbocycles. The van der Waals surface area contributed by atoms with Gasteiger partial charge in [-0.25, -0.2) is 9.97 Å². The van der Waals surface area contributed by atoms with E-state index in [2.05, 4.69) is 34.0 Å². The SMILES string of the molecule is CNc1cc(N(CCO)C(C)C)nc(C2CC2)n1. The van der Waals surface area contributed by atoms with Crippen LogP contribution in [0, 0.1) is 0 Å². The van der Waals surface area contributed by atoms with E-state index in [1.165, 1.54) is 12.8 Å². The normalized spacial score (nSPS) is 14.9. The molecule has 100 valence electrons. The summed E-state index contributed by atoms with van der Waals surface area (Å²) in [6.07, 6.45) is 2.38. The predicted octanol–water partition coefficient (Wildman–Crippen LogP) is 1.60. The molecule has 18 heavy (non-hydrogen) atoms. The summed E-state index contributed by atoms with van der Waals surface area (Å²) in [4.78, 5) is 11.3. The Balaban J connectivity index is 2.31. The number of aliphatic hydroxyl groups excluding tert-OH is 1. The molecule has 2 rings (SSSR count). The van der Waals surface area contributed by atoms with Crippen molar-refractivity contribution in [3.05, 3.63) is 11.9 Å². The highest BCUT2D eigenvalue weighted by molar-refractivity contribution is 5.50. The maximum atomic E-state index is 9.16. The Morgan fingerprint density at radius 1 is 1.44 bits per heavy atom. The minimum Gasteiger partial charge on any atom is -0.395 e. The topological polar surface area (TPSA) is 61.3 Å². The Bertz CT molecular complexity index is 404. The first kappa shape index (κ1) is 13.1. The van der Waals surface area contributed by atoms with Gasteiger partial charge in [0.2, 0.25) is 0 Å². The first-order valence-electron chi connectivity index (χ1n) is 6.60. The van der Waals surface area contributed by atoms with Gasteiger partial charge in [-0.15, -0.1) is 0 Å². The molecule has 0 unspecified atom stereocenters. The lowest BCUT2D eigenvalue weighted by Gasteiger charge is -2.27. The molecular weight excluding hydrogens is 228 g/mol. The molecule has 1 aliphatic rings. The summed E-state index contributed by atoms with van der Waals surface area (Å²) in [6.45, 7) is 4.94. The zero-order valence-corrected chi connectivity index (χ0v) is 11.3. The minimum atomic E-state index is 0.135. The number of aromatic nitrogens is 2. The first-order chi connectivity index (χ1) is 8.65. The van der Waals surface area contributed by atoms with Gasteiger partial charge in [0, 0.05) is 31.6 Å². The average Bonchev–Trinajstić information content (AvgIpc) is 3.19. The van der Waals surface area contributed by atoms with E-state index in [9.17, 15) is 0 Å². The predicted molar refractivity (Wildman–Crippen MR) is 73.1 cm³/mol. The van der Waals surface area contributed by atoms with Crippen LogP contribution in [0.2, 0.25) is 0 Å². The monoisotopic (exact) mass is 250 g/mol. The Labute approximate surface area is 108 Å². The largest absolute Gasteiger partial charge is 0.395 e. The molecule has 5 nitrogen and oxygen atoms in total. The van der Waals surface area contributed by atoms with Crippen LogP contribution in [0.3, 0.4) is 0 Å². The molecule has 0 atom stereocenters. The van der Waals surface area contributed by atoms with Gasteiger partial charge in [0.1, 0.15) is 17.5 Å². The van der Waals surface area contributed by atoms with Crippen molar-refractivity contribution in [3.8, 4) is 0 Å².